The third-order valence-corrected chi connectivity index (χ3v) is 3.60. The number of carboxylic acid groups (broad SMARTS) is 1. The molecule has 26 heavy (non-hydrogen) atoms. The second-order valence-electron chi connectivity index (χ2n) is 5.42. The van der Waals surface area contributed by atoms with Crippen LogP contribution >= 0.6 is 0 Å². The van der Waals surface area contributed by atoms with Crippen molar-refractivity contribution in [2.75, 3.05) is 0 Å². The fraction of sp³-hybridized carbons (Fsp3) is 0.167. The molecule has 0 bridgehead atoms. The van der Waals surface area contributed by atoms with Gasteiger partial charge in [-0.25, -0.2) is 4.79 Å². The van der Waals surface area contributed by atoms with Crippen LogP contribution in [0.5, 0.6) is 0 Å². The molecule has 134 valence electrons. The van der Waals surface area contributed by atoms with Crippen molar-refractivity contribution in [3.63, 3.8) is 0 Å². The number of carbonyl (C=O) groups excluding carboxylic acids is 1. The summed E-state index contributed by atoms with van der Waals surface area (Å²) >= 11 is 0. The Hall–Kier alpha value is -3.34. The van der Waals surface area contributed by atoms with E-state index in [0.717, 1.165) is 18.2 Å². The fourth-order valence-electron chi connectivity index (χ4n) is 2.32. The van der Waals surface area contributed by atoms with E-state index in [-0.39, 0.29) is 6.42 Å². The molecule has 0 heterocycles. The van der Waals surface area contributed by atoms with Crippen LogP contribution in [0.4, 0.5) is 13.2 Å². The molecule has 0 fully saturated rings. The van der Waals surface area contributed by atoms with Crippen molar-refractivity contribution in [1.29, 1.82) is 5.26 Å². The lowest BCUT2D eigenvalue weighted by Gasteiger charge is -2.17. The van der Waals surface area contributed by atoms with E-state index in [9.17, 15) is 27.9 Å². The topological polar surface area (TPSA) is 90.2 Å². The first-order chi connectivity index (χ1) is 12.2. The summed E-state index contributed by atoms with van der Waals surface area (Å²) in [6.07, 6.45) is -4.87. The third-order valence-electron chi connectivity index (χ3n) is 3.60. The highest BCUT2D eigenvalue weighted by molar-refractivity contribution is 5.98. The molecule has 2 aromatic rings. The third kappa shape index (κ3) is 4.60. The summed E-state index contributed by atoms with van der Waals surface area (Å²) in [5.41, 5.74) is -0.893. The van der Waals surface area contributed by atoms with E-state index in [0.29, 0.717) is 11.1 Å². The molecule has 0 aliphatic carbocycles. The smallest absolute Gasteiger partial charge is 0.417 e. The van der Waals surface area contributed by atoms with Gasteiger partial charge in [0.1, 0.15) is 6.04 Å². The maximum Gasteiger partial charge on any atom is 0.417 e. The number of carboxylic acids is 1. The number of halogens is 3. The molecule has 1 atom stereocenters. The van der Waals surface area contributed by atoms with Crippen LogP contribution in [0.25, 0.3) is 0 Å². The van der Waals surface area contributed by atoms with Crippen molar-refractivity contribution in [2.24, 2.45) is 0 Å². The highest BCUT2D eigenvalue weighted by atomic mass is 19.4. The minimum atomic E-state index is -4.74. The molecule has 2 rings (SSSR count). The molecule has 0 unspecified atom stereocenters. The lowest BCUT2D eigenvalue weighted by molar-refractivity contribution is -0.139. The summed E-state index contributed by atoms with van der Waals surface area (Å²) in [5, 5.41) is 20.1. The number of benzene rings is 2. The summed E-state index contributed by atoms with van der Waals surface area (Å²) in [6.45, 7) is 0. The molecular weight excluding hydrogens is 349 g/mol. The number of nitriles is 1. The summed E-state index contributed by atoms with van der Waals surface area (Å²) in [7, 11) is 0. The van der Waals surface area contributed by atoms with Gasteiger partial charge in [0.25, 0.3) is 5.91 Å². The van der Waals surface area contributed by atoms with E-state index < -0.39 is 35.2 Å². The summed E-state index contributed by atoms with van der Waals surface area (Å²) < 4.78 is 39.0. The number of nitrogens with one attached hydrogen (secondary N) is 1. The molecule has 5 nitrogen and oxygen atoms in total. The van der Waals surface area contributed by atoms with E-state index in [1.165, 1.54) is 30.3 Å². The zero-order chi connectivity index (χ0) is 19.3. The second-order valence-corrected chi connectivity index (χ2v) is 5.42. The van der Waals surface area contributed by atoms with Crippen molar-refractivity contribution in [2.45, 2.75) is 18.6 Å². The van der Waals surface area contributed by atoms with Crippen LogP contribution in [-0.4, -0.2) is 23.0 Å². The number of nitrogens with zero attached hydrogens (tertiary/aromatic N) is 1. The SMILES string of the molecule is N#Cc1ccc(C[C@@H](NC(=O)c2ccccc2C(F)(F)F)C(=O)O)cc1. The van der Waals surface area contributed by atoms with E-state index in [2.05, 4.69) is 5.32 Å². The number of hydrogen-bond acceptors (Lipinski definition) is 3. The predicted molar refractivity (Wildman–Crippen MR) is 85.2 cm³/mol. The van der Waals surface area contributed by atoms with Crippen LogP contribution in [0.2, 0.25) is 0 Å². The van der Waals surface area contributed by atoms with Crippen LogP contribution in [0.1, 0.15) is 27.0 Å². The Morgan fingerprint density at radius 2 is 1.73 bits per heavy atom. The van der Waals surface area contributed by atoms with Gasteiger partial charge in [0, 0.05) is 6.42 Å². The molecule has 0 aromatic heterocycles. The highest BCUT2D eigenvalue weighted by Crippen LogP contribution is 2.31. The van der Waals surface area contributed by atoms with Gasteiger partial charge in [-0.05, 0) is 29.8 Å². The van der Waals surface area contributed by atoms with Crippen molar-refractivity contribution in [3.05, 3.63) is 70.8 Å². The minimum Gasteiger partial charge on any atom is -0.480 e. The molecular formula is C18H13F3N2O3. The fourth-order valence-corrected chi connectivity index (χ4v) is 2.32. The maximum absolute atomic E-state index is 13.0. The van der Waals surface area contributed by atoms with Crippen molar-refractivity contribution in [1.82, 2.24) is 5.32 Å². The second kappa shape index (κ2) is 7.70. The van der Waals surface area contributed by atoms with Gasteiger partial charge in [0.15, 0.2) is 0 Å². The highest BCUT2D eigenvalue weighted by Gasteiger charge is 2.35. The van der Waals surface area contributed by atoms with Gasteiger partial charge in [-0.2, -0.15) is 18.4 Å². The Morgan fingerprint density at radius 3 is 2.27 bits per heavy atom. The molecule has 2 aromatic carbocycles. The van der Waals surface area contributed by atoms with Gasteiger partial charge in [0.2, 0.25) is 0 Å². The Kier molecular flexibility index (Phi) is 5.62. The Bertz CT molecular complexity index is 855. The Morgan fingerprint density at radius 1 is 1.12 bits per heavy atom. The summed E-state index contributed by atoms with van der Waals surface area (Å²) in [4.78, 5) is 23.6. The van der Waals surface area contributed by atoms with Gasteiger partial charge in [0.05, 0.1) is 22.8 Å². The quantitative estimate of drug-likeness (QED) is 0.856. The monoisotopic (exact) mass is 362 g/mol. The van der Waals surface area contributed by atoms with E-state index >= 15 is 0 Å². The molecule has 0 saturated heterocycles. The zero-order valence-corrected chi connectivity index (χ0v) is 13.2. The van der Waals surface area contributed by atoms with Gasteiger partial charge in [-0.15, -0.1) is 0 Å². The van der Waals surface area contributed by atoms with E-state index in [1.807, 2.05) is 6.07 Å². The molecule has 2 N–H and O–H groups in total. The van der Waals surface area contributed by atoms with Gasteiger partial charge >= 0.3 is 12.1 Å². The van der Waals surface area contributed by atoms with Crippen LogP contribution in [0, 0.1) is 11.3 Å². The average Bonchev–Trinajstić information content (AvgIpc) is 2.61. The average molecular weight is 362 g/mol. The first kappa shape index (κ1) is 19.0. The van der Waals surface area contributed by atoms with Crippen molar-refractivity contribution >= 4 is 11.9 Å². The number of rotatable bonds is 5. The molecule has 1 amide bonds. The standard InChI is InChI=1S/C18H13F3N2O3/c19-18(20,21)14-4-2-1-3-13(14)16(24)23-15(17(25)26)9-11-5-7-12(10-22)8-6-11/h1-8,15H,9H2,(H,23,24)(H,25,26)/t15-/m1/s1. The van der Waals surface area contributed by atoms with Crippen molar-refractivity contribution in [3.8, 4) is 6.07 Å². The van der Waals surface area contributed by atoms with Gasteiger partial charge in [-0.3, -0.25) is 4.79 Å². The van der Waals surface area contributed by atoms with Crippen molar-refractivity contribution < 1.29 is 27.9 Å². The summed E-state index contributed by atoms with van der Waals surface area (Å²) in [5.74, 6) is -2.51. The minimum absolute atomic E-state index is 0.138. The van der Waals surface area contributed by atoms with Crippen LogP contribution in [0.3, 0.4) is 0 Å². The number of carbonyl (C=O) groups is 2. The number of amides is 1. The lowest BCUT2D eigenvalue weighted by Crippen LogP contribution is -2.42. The van der Waals surface area contributed by atoms with E-state index in [4.69, 9.17) is 5.26 Å². The molecule has 0 aliphatic rings. The molecule has 0 aliphatic heterocycles. The Labute approximate surface area is 146 Å². The molecule has 0 spiro atoms. The summed E-state index contributed by atoms with van der Waals surface area (Å²) in [6, 6.07) is 10.6. The van der Waals surface area contributed by atoms with Gasteiger partial charge < -0.3 is 10.4 Å². The number of aliphatic carboxylic acids is 1. The molecule has 0 radical (unpaired) electrons. The lowest BCUT2D eigenvalue weighted by atomic mass is 10.0. The number of alkyl halides is 3. The van der Waals surface area contributed by atoms with Crippen LogP contribution < -0.4 is 5.32 Å². The van der Waals surface area contributed by atoms with Gasteiger partial charge in [-0.1, -0.05) is 24.3 Å². The number of hydrogen-bond donors (Lipinski definition) is 2. The van der Waals surface area contributed by atoms with Crippen LogP contribution in [0.15, 0.2) is 48.5 Å². The normalized spacial score (nSPS) is 12.1. The van der Waals surface area contributed by atoms with Crippen LogP contribution in [-0.2, 0) is 17.4 Å². The zero-order valence-electron chi connectivity index (χ0n) is 13.2. The van der Waals surface area contributed by atoms with E-state index in [1.54, 1.807) is 0 Å². The first-order valence-electron chi connectivity index (χ1n) is 7.41. The first-order valence-corrected chi connectivity index (χ1v) is 7.41. The molecule has 8 heteroatoms. The maximum atomic E-state index is 13.0. The predicted octanol–water partition coefficient (Wildman–Crippen LogP) is 3.00. The molecule has 0 saturated carbocycles. The Balaban J connectivity index is 2.21. The largest absolute Gasteiger partial charge is 0.480 e.